The van der Waals surface area contributed by atoms with Crippen molar-refractivity contribution in [2.24, 2.45) is 5.92 Å². The van der Waals surface area contributed by atoms with Crippen molar-refractivity contribution in [3.05, 3.63) is 41.6 Å². The highest BCUT2D eigenvalue weighted by Gasteiger charge is 2.37. The third kappa shape index (κ3) is 2.27. The van der Waals surface area contributed by atoms with Crippen LogP contribution in [0.2, 0.25) is 0 Å². The summed E-state index contributed by atoms with van der Waals surface area (Å²) in [6.07, 6.45) is 7.81. The summed E-state index contributed by atoms with van der Waals surface area (Å²) in [5.74, 6) is 0.328. The van der Waals surface area contributed by atoms with Gasteiger partial charge in [0.25, 0.3) is 0 Å². The van der Waals surface area contributed by atoms with Gasteiger partial charge in [-0.1, -0.05) is 25.1 Å². The molecule has 4 nitrogen and oxygen atoms in total. The van der Waals surface area contributed by atoms with E-state index in [9.17, 15) is 4.79 Å². The molecule has 130 valence electrons. The number of carbonyl (C=O) groups is 1. The lowest BCUT2D eigenvalue weighted by atomic mass is 9.79. The fourth-order valence-corrected chi connectivity index (χ4v) is 5.00. The van der Waals surface area contributed by atoms with Crippen LogP contribution in [0.4, 0.5) is 0 Å². The average Bonchev–Trinajstić information content (AvgIpc) is 3.32. The Hall–Kier alpha value is -2.07. The summed E-state index contributed by atoms with van der Waals surface area (Å²) in [5.41, 5.74) is 5.31. The van der Waals surface area contributed by atoms with Crippen LogP contribution in [-0.2, 0) is 11.2 Å². The number of benzene rings is 1. The van der Waals surface area contributed by atoms with Gasteiger partial charge in [0.2, 0.25) is 5.91 Å². The zero-order valence-electron chi connectivity index (χ0n) is 14.8. The number of aromatic amines is 1. The molecule has 0 bridgehead atoms. The zero-order valence-corrected chi connectivity index (χ0v) is 14.8. The molecule has 25 heavy (non-hydrogen) atoms. The molecule has 1 amide bonds. The molecule has 3 aliphatic rings. The molecule has 5 rings (SSSR count). The largest absolute Gasteiger partial charge is 0.361 e. The number of likely N-dealkylation sites (tertiary alicyclic amines) is 1. The second kappa shape index (κ2) is 5.73. The van der Waals surface area contributed by atoms with E-state index in [0.717, 1.165) is 45.4 Å². The fourth-order valence-electron chi connectivity index (χ4n) is 5.00. The number of aromatic nitrogens is 1. The first-order valence-electron chi connectivity index (χ1n) is 9.60. The summed E-state index contributed by atoms with van der Waals surface area (Å²) in [4.78, 5) is 21.0. The van der Waals surface area contributed by atoms with E-state index in [1.54, 1.807) is 0 Å². The molecule has 1 aromatic carbocycles. The van der Waals surface area contributed by atoms with Crippen LogP contribution in [0.1, 0.15) is 30.9 Å². The number of carbonyl (C=O) groups excluding carboxylic acids is 1. The molecule has 0 saturated carbocycles. The highest BCUT2D eigenvalue weighted by atomic mass is 16.2. The minimum Gasteiger partial charge on any atom is -0.361 e. The Morgan fingerprint density at radius 3 is 2.92 bits per heavy atom. The van der Waals surface area contributed by atoms with Gasteiger partial charge in [0.1, 0.15) is 0 Å². The van der Waals surface area contributed by atoms with Crippen molar-refractivity contribution >= 4 is 22.4 Å². The fraction of sp³-hybridized carbons (Fsp3) is 0.476. The standard InChI is InChI=1S/C21H25N3O/c1-2-23-13-15(21(25)24-8-3-4-9-24)10-17-16-6-5-7-18-20(16)14(12-22-18)11-19(17)23/h5-7,10,12,15,19,22H,2-4,8-9,11,13H2,1H3/t15-,19-/m1/s1. The van der Waals surface area contributed by atoms with Crippen molar-refractivity contribution in [3.63, 3.8) is 0 Å². The minimum absolute atomic E-state index is 0.0000444. The van der Waals surface area contributed by atoms with Gasteiger partial charge in [-0.25, -0.2) is 0 Å². The summed E-state index contributed by atoms with van der Waals surface area (Å²) in [6, 6.07) is 6.91. The van der Waals surface area contributed by atoms with E-state index >= 15 is 0 Å². The number of likely N-dealkylation sites (N-methyl/N-ethyl adjacent to an activating group) is 1. The molecule has 0 radical (unpaired) electrons. The maximum atomic E-state index is 13.0. The monoisotopic (exact) mass is 335 g/mol. The van der Waals surface area contributed by atoms with Crippen LogP contribution in [0.15, 0.2) is 30.5 Å². The number of amides is 1. The number of hydrogen-bond acceptors (Lipinski definition) is 2. The topological polar surface area (TPSA) is 39.3 Å². The van der Waals surface area contributed by atoms with Gasteiger partial charge in [-0.2, -0.15) is 0 Å². The molecular formula is C21H25N3O. The normalized spacial score (nSPS) is 26.0. The van der Waals surface area contributed by atoms with Crippen LogP contribution < -0.4 is 0 Å². The van der Waals surface area contributed by atoms with Gasteiger partial charge in [0.05, 0.1) is 5.92 Å². The van der Waals surface area contributed by atoms with E-state index in [0.29, 0.717) is 11.9 Å². The molecule has 1 N–H and O–H groups in total. The van der Waals surface area contributed by atoms with E-state index in [2.05, 4.69) is 52.2 Å². The van der Waals surface area contributed by atoms with Crippen molar-refractivity contribution in [3.8, 4) is 0 Å². The Morgan fingerprint density at radius 1 is 1.28 bits per heavy atom. The van der Waals surface area contributed by atoms with Crippen molar-refractivity contribution in [1.82, 2.24) is 14.8 Å². The molecule has 3 heterocycles. The van der Waals surface area contributed by atoms with Gasteiger partial charge in [0.15, 0.2) is 0 Å². The molecule has 1 aromatic heterocycles. The minimum atomic E-state index is 0.0000444. The molecule has 1 fully saturated rings. The van der Waals surface area contributed by atoms with Gasteiger partial charge in [-0.3, -0.25) is 9.69 Å². The highest BCUT2D eigenvalue weighted by molar-refractivity contribution is 5.99. The zero-order chi connectivity index (χ0) is 17.0. The van der Waals surface area contributed by atoms with Crippen LogP contribution in [0.25, 0.3) is 16.5 Å². The lowest BCUT2D eigenvalue weighted by Crippen LogP contribution is -2.48. The van der Waals surface area contributed by atoms with Crippen molar-refractivity contribution in [1.29, 1.82) is 0 Å². The van der Waals surface area contributed by atoms with E-state index in [1.165, 1.54) is 27.6 Å². The summed E-state index contributed by atoms with van der Waals surface area (Å²) in [5, 5.41) is 1.36. The Kier molecular flexibility index (Phi) is 3.49. The first-order valence-corrected chi connectivity index (χ1v) is 9.60. The Morgan fingerprint density at radius 2 is 2.12 bits per heavy atom. The average molecular weight is 335 g/mol. The van der Waals surface area contributed by atoms with Gasteiger partial charge >= 0.3 is 0 Å². The van der Waals surface area contributed by atoms with E-state index in [4.69, 9.17) is 0 Å². The third-order valence-electron chi connectivity index (χ3n) is 6.26. The number of fused-ring (bicyclic) bond motifs is 2. The smallest absolute Gasteiger partial charge is 0.230 e. The summed E-state index contributed by atoms with van der Waals surface area (Å²) < 4.78 is 0. The molecule has 0 unspecified atom stereocenters. The lowest BCUT2D eigenvalue weighted by molar-refractivity contribution is -0.133. The first kappa shape index (κ1) is 15.2. The van der Waals surface area contributed by atoms with Crippen LogP contribution in [0, 0.1) is 5.92 Å². The van der Waals surface area contributed by atoms with Gasteiger partial charge in [0, 0.05) is 42.8 Å². The van der Waals surface area contributed by atoms with Crippen LogP contribution in [0.5, 0.6) is 0 Å². The molecule has 2 aromatic rings. The van der Waals surface area contributed by atoms with E-state index in [1.807, 2.05) is 0 Å². The maximum absolute atomic E-state index is 13.0. The quantitative estimate of drug-likeness (QED) is 0.916. The highest BCUT2D eigenvalue weighted by Crippen LogP contribution is 2.41. The van der Waals surface area contributed by atoms with Crippen molar-refractivity contribution < 1.29 is 4.79 Å². The number of nitrogens with zero attached hydrogens (tertiary/aromatic N) is 2. The molecule has 2 atom stereocenters. The van der Waals surface area contributed by atoms with Gasteiger partial charge in [-0.05, 0) is 48.6 Å². The Labute approximate surface area is 148 Å². The van der Waals surface area contributed by atoms with Crippen LogP contribution >= 0.6 is 0 Å². The molecular weight excluding hydrogens is 310 g/mol. The number of H-pyrrole nitrogens is 1. The number of nitrogens with one attached hydrogen (secondary N) is 1. The maximum Gasteiger partial charge on any atom is 0.230 e. The van der Waals surface area contributed by atoms with E-state index < -0.39 is 0 Å². The second-order valence-corrected chi connectivity index (χ2v) is 7.61. The van der Waals surface area contributed by atoms with Crippen LogP contribution in [-0.4, -0.2) is 52.9 Å². The first-order chi connectivity index (χ1) is 12.3. The predicted octanol–water partition coefficient (Wildman–Crippen LogP) is 3.05. The van der Waals surface area contributed by atoms with Crippen molar-refractivity contribution in [2.75, 3.05) is 26.2 Å². The lowest BCUT2D eigenvalue weighted by Gasteiger charge is -2.41. The Bertz CT molecular complexity index is 859. The second-order valence-electron chi connectivity index (χ2n) is 7.61. The summed E-state index contributed by atoms with van der Waals surface area (Å²) >= 11 is 0. The SMILES string of the molecule is CCN1C[C@H](C(=O)N2CCCC2)C=C2c3cccc4[nH]cc(c34)C[C@H]21. The van der Waals surface area contributed by atoms with E-state index in [-0.39, 0.29) is 5.92 Å². The molecule has 1 saturated heterocycles. The van der Waals surface area contributed by atoms with Crippen LogP contribution in [0.3, 0.4) is 0 Å². The predicted molar refractivity (Wildman–Crippen MR) is 100 cm³/mol. The number of rotatable bonds is 2. The van der Waals surface area contributed by atoms with Crippen molar-refractivity contribution in [2.45, 2.75) is 32.2 Å². The molecule has 1 aliphatic carbocycles. The van der Waals surface area contributed by atoms with Gasteiger partial charge in [-0.15, -0.1) is 0 Å². The van der Waals surface area contributed by atoms with Gasteiger partial charge < -0.3 is 9.88 Å². The third-order valence-corrected chi connectivity index (χ3v) is 6.26. The Balaban J connectivity index is 1.60. The number of hydrogen-bond donors (Lipinski definition) is 1. The summed E-state index contributed by atoms with van der Waals surface area (Å²) in [6.45, 7) is 5.93. The molecule has 0 spiro atoms. The summed E-state index contributed by atoms with van der Waals surface area (Å²) in [7, 11) is 0. The molecule has 2 aliphatic heterocycles. The molecule has 4 heteroatoms.